The highest BCUT2D eigenvalue weighted by Gasteiger charge is 2.24. The Labute approximate surface area is 183 Å². The smallest absolute Gasteiger partial charge is 0.259 e. The highest BCUT2D eigenvalue weighted by atomic mass is 32.2. The van der Waals surface area contributed by atoms with Gasteiger partial charge in [0, 0.05) is 31.1 Å². The van der Waals surface area contributed by atoms with E-state index < -0.39 is 0 Å². The topological polar surface area (TPSA) is 89.6 Å². The number of nitrogens with one attached hydrogen (secondary N) is 1. The average molecular weight is 450 g/mol. The summed E-state index contributed by atoms with van der Waals surface area (Å²) in [6, 6.07) is 0. The number of hydrogen-bond acceptors (Lipinski definition) is 7. The molecule has 0 saturated carbocycles. The number of likely N-dealkylation sites (N-methyl/N-ethyl adjacent to an activating group) is 1. The van der Waals surface area contributed by atoms with E-state index in [2.05, 4.69) is 9.97 Å². The second-order valence-corrected chi connectivity index (χ2v) is 10.1. The van der Waals surface area contributed by atoms with Crippen molar-refractivity contribution in [2.45, 2.75) is 25.0 Å². The Kier molecular flexibility index (Phi) is 6.45. The van der Waals surface area contributed by atoms with E-state index in [-0.39, 0.29) is 17.4 Å². The molecule has 8 nitrogen and oxygen atoms in total. The lowest BCUT2D eigenvalue weighted by molar-refractivity contribution is -0.138. The first-order chi connectivity index (χ1) is 14.4. The van der Waals surface area contributed by atoms with E-state index >= 15 is 0 Å². The number of aryl methyl sites for hydroxylation is 2. The van der Waals surface area contributed by atoms with Gasteiger partial charge < -0.3 is 19.7 Å². The molecular formula is C20H27N5O3S2. The second-order valence-electron chi connectivity index (χ2n) is 8.04. The molecule has 1 N–H and O–H groups in total. The average Bonchev–Trinajstić information content (AvgIpc) is 3.28. The van der Waals surface area contributed by atoms with Crippen molar-refractivity contribution < 1.29 is 9.59 Å². The van der Waals surface area contributed by atoms with Gasteiger partial charge in [-0.05, 0) is 38.9 Å². The summed E-state index contributed by atoms with van der Waals surface area (Å²) < 4.78 is 0. The predicted molar refractivity (Wildman–Crippen MR) is 120 cm³/mol. The minimum absolute atomic E-state index is 0.0557. The maximum absolute atomic E-state index is 12.5. The van der Waals surface area contributed by atoms with E-state index in [0.717, 1.165) is 29.5 Å². The van der Waals surface area contributed by atoms with Crippen LogP contribution in [0.15, 0.2) is 4.79 Å². The summed E-state index contributed by atoms with van der Waals surface area (Å²) in [5, 5.41) is 0.763. The van der Waals surface area contributed by atoms with Crippen LogP contribution in [-0.4, -0.2) is 89.1 Å². The number of aromatic amines is 1. The first-order valence-electron chi connectivity index (χ1n) is 10.2. The molecule has 1 aliphatic carbocycles. The van der Waals surface area contributed by atoms with E-state index in [1.54, 1.807) is 11.3 Å². The predicted octanol–water partition coefficient (Wildman–Crippen LogP) is 0.939. The number of hydrogen-bond donors (Lipinski definition) is 1. The van der Waals surface area contributed by atoms with Crippen molar-refractivity contribution in [2.75, 3.05) is 52.6 Å². The van der Waals surface area contributed by atoms with Crippen molar-refractivity contribution in [3.8, 4) is 0 Å². The number of carbonyl (C=O) groups excluding carboxylic acids is 2. The van der Waals surface area contributed by atoms with Crippen molar-refractivity contribution in [3.05, 3.63) is 26.6 Å². The third kappa shape index (κ3) is 4.55. The number of aromatic nitrogens is 2. The van der Waals surface area contributed by atoms with Gasteiger partial charge in [-0.1, -0.05) is 0 Å². The maximum Gasteiger partial charge on any atom is 0.259 e. The first kappa shape index (κ1) is 21.3. The minimum Gasteiger partial charge on any atom is -0.338 e. The van der Waals surface area contributed by atoms with Crippen LogP contribution in [0.4, 0.5) is 0 Å². The number of amides is 2. The van der Waals surface area contributed by atoms with Gasteiger partial charge in [0.15, 0.2) is 0 Å². The van der Waals surface area contributed by atoms with Gasteiger partial charge in [0.1, 0.15) is 10.7 Å². The number of nitrogens with zero attached hydrogens (tertiary/aromatic N) is 4. The van der Waals surface area contributed by atoms with Crippen LogP contribution in [0.3, 0.4) is 0 Å². The summed E-state index contributed by atoms with van der Waals surface area (Å²) in [5.41, 5.74) is 1.13. The van der Waals surface area contributed by atoms with Crippen LogP contribution in [0.2, 0.25) is 0 Å². The van der Waals surface area contributed by atoms with Crippen LogP contribution in [0, 0.1) is 0 Å². The molecule has 1 aliphatic heterocycles. The number of thiophene rings is 1. The third-order valence-corrected chi connectivity index (χ3v) is 7.64. The molecule has 1 saturated heterocycles. The Balaban J connectivity index is 1.27. The SMILES string of the molecule is CN(C)CC(=O)N1CCN(C(=O)CSCc2nc3sc4c(c3c(=O)[nH]2)CCC4)CC1. The normalized spacial score (nSPS) is 16.5. The van der Waals surface area contributed by atoms with Gasteiger partial charge in [0.05, 0.1) is 23.4 Å². The zero-order valence-corrected chi connectivity index (χ0v) is 19.0. The summed E-state index contributed by atoms with van der Waals surface area (Å²) in [6.45, 7) is 2.70. The van der Waals surface area contributed by atoms with Crippen LogP contribution >= 0.6 is 23.1 Å². The Morgan fingerprint density at radius 3 is 2.53 bits per heavy atom. The fourth-order valence-electron chi connectivity index (χ4n) is 4.02. The lowest BCUT2D eigenvalue weighted by Gasteiger charge is -2.35. The Bertz CT molecular complexity index is 1010. The van der Waals surface area contributed by atoms with Gasteiger partial charge in [-0.3, -0.25) is 14.4 Å². The fraction of sp³-hybridized carbons (Fsp3) is 0.600. The second kappa shape index (κ2) is 9.07. The summed E-state index contributed by atoms with van der Waals surface area (Å²) in [6.07, 6.45) is 3.13. The molecule has 1 fully saturated rings. The van der Waals surface area contributed by atoms with Crippen molar-refractivity contribution in [1.82, 2.24) is 24.7 Å². The van der Waals surface area contributed by atoms with Gasteiger partial charge in [0.2, 0.25) is 11.8 Å². The van der Waals surface area contributed by atoms with E-state index in [1.807, 2.05) is 28.8 Å². The molecule has 2 aromatic rings. The van der Waals surface area contributed by atoms with E-state index in [9.17, 15) is 14.4 Å². The molecule has 162 valence electrons. The van der Waals surface area contributed by atoms with Gasteiger partial charge in [-0.2, -0.15) is 0 Å². The quantitative estimate of drug-likeness (QED) is 0.706. The standard InChI is InChI=1S/C20H27N5O3S2/c1-23(2)10-16(26)24-6-8-25(9-7-24)17(27)12-29-11-15-21-19(28)18-13-4-3-5-14(13)30-20(18)22-15/h3-12H2,1-2H3,(H,21,22,28). The van der Waals surface area contributed by atoms with Crippen LogP contribution in [0.1, 0.15) is 22.7 Å². The first-order valence-corrected chi connectivity index (χ1v) is 12.2. The number of piperazine rings is 1. The van der Waals surface area contributed by atoms with Crippen LogP contribution in [0.25, 0.3) is 10.2 Å². The molecule has 0 unspecified atom stereocenters. The number of fused-ring (bicyclic) bond motifs is 3. The molecule has 0 spiro atoms. The zero-order valence-electron chi connectivity index (χ0n) is 17.4. The van der Waals surface area contributed by atoms with Gasteiger partial charge >= 0.3 is 0 Å². The summed E-state index contributed by atoms with van der Waals surface area (Å²) in [5.74, 6) is 1.64. The molecule has 2 aromatic heterocycles. The number of carbonyl (C=O) groups is 2. The molecule has 0 aromatic carbocycles. The Hall–Kier alpha value is -1.91. The van der Waals surface area contributed by atoms with Crippen LogP contribution in [0.5, 0.6) is 0 Å². The fourth-order valence-corrected chi connectivity index (χ4v) is 6.09. The van der Waals surface area contributed by atoms with Gasteiger partial charge in [0.25, 0.3) is 5.56 Å². The van der Waals surface area contributed by atoms with E-state index in [0.29, 0.717) is 50.1 Å². The van der Waals surface area contributed by atoms with Crippen molar-refractivity contribution >= 4 is 45.1 Å². The van der Waals surface area contributed by atoms with Crippen molar-refractivity contribution in [2.24, 2.45) is 0 Å². The molecule has 2 amide bonds. The molecule has 30 heavy (non-hydrogen) atoms. The van der Waals surface area contributed by atoms with Gasteiger partial charge in [-0.25, -0.2) is 4.98 Å². The third-order valence-electron chi connectivity index (χ3n) is 5.52. The van der Waals surface area contributed by atoms with E-state index in [4.69, 9.17) is 0 Å². The Morgan fingerprint density at radius 1 is 1.13 bits per heavy atom. The molecule has 0 atom stereocenters. The number of rotatable bonds is 6. The monoisotopic (exact) mass is 449 g/mol. The molecule has 10 heteroatoms. The summed E-state index contributed by atoms with van der Waals surface area (Å²) >= 11 is 3.10. The lowest BCUT2D eigenvalue weighted by Crippen LogP contribution is -2.52. The summed E-state index contributed by atoms with van der Waals surface area (Å²) in [7, 11) is 3.75. The number of thioether (sulfide) groups is 1. The van der Waals surface area contributed by atoms with Crippen LogP contribution in [-0.2, 0) is 28.2 Å². The highest BCUT2D eigenvalue weighted by Crippen LogP contribution is 2.34. The Morgan fingerprint density at radius 2 is 1.83 bits per heavy atom. The molecule has 4 rings (SSSR count). The molecule has 0 radical (unpaired) electrons. The van der Waals surface area contributed by atoms with Crippen molar-refractivity contribution in [1.29, 1.82) is 0 Å². The molecule has 2 aliphatic rings. The number of H-pyrrole nitrogens is 1. The highest BCUT2D eigenvalue weighted by molar-refractivity contribution is 7.99. The van der Waals surface area contributed by atoms with Crippen molar-refractivity contribution in [3.63, 3.8) is 0 Å². The van der Waals surface area contributed by atoms with Gasteiger partial charge in [-0.15, -0.1) is 23.1 Å². The molecule has 3 heterocycles. The van der Waals surface area contributed by atoms with E-state index in [1.165, 1.54) is 22.2 Å². The minimum atomic E-state index is -0.0557. The van der Waals surface area contributed by atoms with Crippen LogP contribution < -0.4 is 5.56 Å². The molecule has 0 bridgehead atoms. The lowest BCUT2D eigenvalue weighted by atomic mass is 10.2. The molecular weight excluding hydrogens is 422 g/mol. The largest absolute Gasteiger partial charge is 0.338 e. The summed E-state index contributed by atoms with van der Waals surface area (Å²) in [4.78, 5) is 52.3. The zero-order chi connectivity index (χ0) is 21.3. The maximum atomic E-state index is 12.5.